The number of aryl methyl sites for hydroxylation is 1. The molecule has 132 valence electrons. The summed E-state index contributed by atoms with van der Waals surface area (Å²) in [4.78, 5) is 30.3. The van der Waals surface area contributed by atoms with Crippen molar-refractivity contribution in [1.29, 1.82) is 0 Å². The highest BCUT2D eigenvalue weighted by Crippen LogP contribution is 2.37. The Balaban J connectivity index is 1.98. The molecule has 0 aliphatic carbocycles. The van der Waals surface area contributed by atoms with Gasteiger partial charge in [-0.15, -0.1) is 0 Å². The normalized spacial score (nSPS) is 20.6. The summed E-state index contributed by atoms with van der Waals surface area (Å²) in [6.07, 6.45) is 2.12. The van der Waals surface area contributed by atoms with E-state index in [0.29, 0.717) is 23.7 Å². The molecule has 1 fully saturated rings. The van der Waals surface area contributed by atoms with E-state index in [1.807, 2.05) is 0 Å². The summed E-state index contributed by atoms with van der Waals surface area (Å²) in [6, 6.07) is 6.48. The van der Waals surface area contributed by atoms with E-state index in [9.17, 15) is 14.7 Å². The number of pyridine rings is 1. The number of likely N-dealkylation sites (tertiary alicyclic amines) is 1. The Morgan fingerprint density at radius 3 is 2.84 bits per heavy atom. The smallest absolute Gasteiger partial charge is 0.309 e. The van der Waals surface area contributed by atoms with Crippen LogP contribution in [0.5, 0.6) is 5.88 Å². The number of carbonyl (C=O) groups excluding carboxylic acids is 1. The fourth-order valence-electron chi connectivity index (χ4n) is 3.27. The highest BCUT2D eigenvalue weighted by atomic mass is 16.5. The molecule has 3 rings (SSSR count). The van der Waals surface area contributed by atoms with E-state index in [4.69, 9.17) is 4.74 Å². The van der Waals surface area contributed by atoms with Gasteiger partial charge in [0.1, 0.15) is 0 Å². The molecular formula is C17H20N4O4. The first-order valence-electron chi connectivity index (χ1n) is 8.01. The quantitative estimate of drug-likeness (QED) is 0.880. The number of aliphatic carboxylic acids is 1. The van der Waals surface area contributed by atoms with E-state index in [1.54, 1.807) is 47.1 Å². The van der Waals surface area contributed by atoms with Crippen LogP contribution < -0.4 is 4.74 Å². The third kappa shape index (κ3) is 3.33. The molecule has 25 heavy (non-hydrogen) atoms. The van der Waals surface area contributed by atoms with Gasteiger partial charge in [0.15, 0.2) is 0 Å². The molecule has 2 aromatic heterocycles. The number of methoxy groups -OCH3 is 1. The van der Waals surface area contributed by atoms with Crippen LogP contribution in [-0.4, -0.2) is 43.8 Å². The summed E-state index contributed by atoms with van der Waals surface area (Å²) in [6.45, 7) is 0.218. The van der Waals surface area contributed by atoms with Crippen molar-refractivity contribution in [3.8, 4) is 5.88 Å². The second kappa shape index (κ2) is 6.92. The number of nitrogens with zero attached hydrogens (tertiary/aromatic N) is 4. The summed E-state index contributed by atoms with van der Waals surface area (Å²) in [5, 5.41) is 13.8. The maximum absolute atomic E-state index is 12.6. The summed E-state index contributed by atoms with van der Waals surface area (Å²) < 4.78 is 6.74. The lowest BCUT2D eigenvalue weighted by molar-refractivity contribution is -0.153. The lowest BCUT2D eigenvalue weighted by Gasteiger charge is -2.39. The maximum atomic E-state index is 12.6. The Hall–Kier alpha value is -2.90. The maximum Gasteiger partial charge on any atom is 0.309 e. The molecule has 0 unspecified atom stereocenters. The minimum Gasteiger partial charge on any atom is -0.481 e. The molecule has 0 saturated carbocycles. The number of ether oxygens (including phenoxy) is 1. The van der Waals surface area contributed by atoms with Crippen LogP contribution in [0.1, 0.15) is 30.3 Å². The van der Waals surface area contributed by atoms with Crippen molar-refractivity contribution in [2.75, 3.05) is 7.11 Å². The van der Waals surface area contributed by atoms with Gasteiger partial charge in [-0.3, -0.25) is 14.3 Å². The summed E-state index contributed by atoms with van der Waals surface area (Å²) >= 11 is 0. The predicted molar refractivity (Wildman–Crippen MR) is 87.6 cm³/mol. The summed E-state index contributed by atoms with van der Waals surface area (Å²) in [5.41, 5.74) is 1.34. The van der Waals surface area contributed by atoms with Crippen molar-refractivity contribution >= 4 is 11.9 Å². The zero-order valence-corrected chi connectivity index (χ0v) is 14.1. The topological polar surface area (TPSA) is 97.5 Å². The Morgan fingerprint density at radius 2 is 2.20 bits per heavy atom. The van der Waals surface area contributed by atoms with Crippen LogP contribution in [0.2, 0.25) is 0 Å². The predicted octanol–water partition coefficient (Wildman–Crippen LogP) is 1.39. The van der Waals surface area contributed by atoms with E-state index < -0.39 is 17.9 Å². The van der Waals surface area contributed by atoms with Crippen molar-refractivity contribution in [3.05, 3.63) is 41.9 Å². The first-order chi connectivity index (χ1) is 12.0. The standard InChI is InChI=1S/C17H20N4O4/c1-20-13(8-9-18-20)16-12(17(23)24)6-7-15(22)21(16)10-11-4-3-5-14(19-11)25-2/h3-5,8-9,12,16H,6-7,10H2,1-2H3,(H,23,24)/t12-,16-/m0/s1. The molecule has 0 bridgehead atoms. The van der Waals surface area contributed by atoms with Crippen molar-refractivity contribution in [1.82, 2.24) is 19.7 Å². The largest absolute Gasteiger partial charge is 0.481 e. The number of aromatic nitrogens is 3. The van der Waals surface area contributed by atoms with Crippen LogP contribution >= 0.6 is 0 Å². The molecule has 0 aromatic carbocycles. The molecule has 1 aliphatic heterocycles. The summed E-state index contributed by atoms with van der Waals surface area (Å²) in [5.74, 6) is -1.23. The SMILES string of the molecule is COc1cccc(CN2C(=O)CC[C@H](C(=O)O)[C@H]2c2ccnn2C)n1. The zero-order valence-electron chi connectivity index (χ0n) is 14.1. The third-order valence-corrected chi connectivity index (χ3v) is 4.51. The molecule has 1 amide bonds. The first kappa shape index (κ1) is 16.9. The molecule has 8 heteroatoms. The second-order valence-electron chi connectivity index (χ2n) is 6.00. The third-order valence-electron chi connectivity index (χ3n) is 4.51. The van der Waals surface area contributed by atoms with E-state index >= 15 is 0 Å². The monoisotopic (exact) mass is 344 g/mol. The number of carboxylic acids is 1. The van der Waals surface area contributed by atoms with Gasteiger partial charge in [0, 0.05) is 25.7 Å². The van der Waals surface area contributed by atoms with Crippen LogP contribution in [0.3, 0.4) is 0 Å². The van der Waals surface area contributed by atoms with Gasteiger partial charge in [0.25, 0.3) is 0 Å². The van der Waals surface area contributed by atoms with E-state index in [-0.39, 0.29) is 18.9 Å². The second-order valence-corrected chi connectivity index (χ2v) is 6.00. The molecule has 2 aromatic rings. The number of amides is 1. The van der Waals surface area contributed by atoms with Crippen LogP contribution in [-0.2, 0) is 23.2 Å². The fraction of sp³-hybridized carbons (Fsp3) is 0.412. The van der Waals surface area contributed by atoms with Gasteiger partial charge in [-0.05, 0) is 18.6 Å². The molecule has 1 N–H and O–H groups in total. The van der Waals surface area contributed by atoms with Crippen LogP contribution in [0.4, 0.5) is 0 Å². The highest BCUT2D eigenvalue weighted by molar-refractivity contribution is 5.81. The molecule has 1 saturated heterocycles. The highest BCUT2D eigenvalue weighted by Gasteiger charge is 2.42. The number of carbonyl (C=O) groups is 2. The minimum atomic E-state index is -0.915. The van der Waals surface area contributed by atoms with Gasteiger partial charge < -0.3 is 14.7 Å². The van der Waals surface area contributed by atoms with E-state index in [1.165, 1.54) is 7.11 Å². The van der Waals surface area contributed by atoms with Gasteiger partial charge in [-0.25, -0.2) is 4.98 Å². The molecular weight excluding hydrogens is 324 g/mol. The molecule has 8 nitrogen and oxygen atoms in total. The van der Waals surface area contributed by atoms with Crippen LogP contribution in [0, 0.1) is 5.92 Å². The van der Waals surface area contributed by atoms with Crippen molar-refractivity contribution in [2.45, 2.75) is 25.4 Å². The van der Waals surface area contributed by atoms with E-state index in [2.05, 4.69) is 10.1 Å². The van der Waals surface area contributed by atoms with Crippen molar-refractivity contribution in [2.24, 2.45) is 13.0 Å². The lowest BCUT2D eigenvalue weighted by Crippen LogP contribution is -2.45. The van der Waals surface area contributed by atoms with Gasteiger partial charge in [-0.2, -0.15) is 5.10 Å². The molecule has 3 heterocycles. The molecule has 0 radical (unpaired) electrons. The average molecular weight is 344 g/mol. The molecule has 2 atom stereocenters. The van der Waals surface area contributed by atoms with Crippen LogP contribution in [0.25, 0.3) is 0 Å². The fourth-order valence-corrected chi connectivity index (χ4v) is 3.27. The average Bonchev–Trinajstić information content (AvgIpc) is 3.02. The van der Waals surface area contributed by atoms with Gasteiger partial charge >= 0.3 is 5.97 Å². The summed E-state index contributed by atoms with van der Waals surface area (Å²) in [7, 11) is 3.27. The lowest BCUT2D eigenvalue weighted by atomic mass is 9.86. The molecule has 0 spiro atoms. The van der Waals surface area contributed by atoms with E-state index in [0.717, 1.165) is 0 Å². The Kier molecular flexibility index (Phi) is 4.69. The number of hydrogen-bond donors (Lipinski definition) is 1. The number of hydrogen-bond acceptors (Lipinski definition) is 5. The first-order valence-corrected chi connectivity index (χ1v) is 8.01. The van der Waals surface area contributed by atoms with Crippen LogP contribution in [0.15, 0.2) is 30.5 Å². The van der Waals surface area contributed by atoms with Gasteiger partial charge in [-0.1, -0.05) is 6.07 Å². The Morgan fingerprint density at radius 1 is 1.40 bits per heavy atom. The van der Waals surface area contributed by atoms with Gasteiger partial charge in [0.2, 0.25) is 11.8 Å². The van der Waals surface area contributed by atoms with Crippen molar-refractivity contribution < 1.29 is 19.4 Å². The van der Waals surface area contributed by atoms with Crippen molar-refractivity contribution in [3.63, 3.8) is 0 Å². The molecule has 1 aliphatic rings. The Bertz CT molecular complexity index is 788. The Labute approximate surface area is 145 Å². The number of piperidine rings is 1. The minimum absolute atomic E-state index is 0.0895. The van der Waals surface area contributed by atoms with Gasteiger partial charge in [0.05, 0.1) is 37.0 Å². The zero-order chi connectivity index (χ0) is 18.0. The number of rotatable bonds is 5. The number of carboxylic acid groups (broad SMARTS) is 1.